The van der Waals surface area contributed by atoms with Gasteiger partial charge in [-0.1, -0.05) is 48.5 Å². The average Bonchev–Trinajstić information content (AvgIpc) is 2.86. The van der Waals surface area contributed by atoms with Gasteiger partial charge in [0.2, 0.25) is 0 Å². The number of rotatable bonds is 5. The van der Waals surface area contributed by atoms with Gasteiger partial charge in [0, 0.05) is 25.7 Å². The lowest BCUT2D eigenvalue weighted by Crippen LogP contribution is -2.83. The first kappa shape index (κ1) is 28.5. The standard InChI is InChI=1S/C34H44O6P2/c1-27-15-25-35-29(3,17-31(5,37-25)39-27)33(27,19-41)23-13-12-22(21-10-8-7-9-11-21)14-24(23)34(20-42)28(2)16-26-36-30(34,4)18-32(6,38-26)40-28/h7-14,25-26H,15-20,41-42H2,1-6H3. The number of ether oxygens (including phenoxy) is 6. The molecule has 0 saturated carbocycles. The van der Waals surface area contributed by atoms with Crippen molar-refractivity contribution in [2.45, 2.75) is 125 Å². The minimum atomic E-state index is -0.678. The molecule has 0 amide bonds. The number of hydrogen-bond acceptors (Lipinski definition) is 6. The van der Waals surface area contributed by atoms with E-state index in [-0.39, 0.29) is 12.6 Å². The fourth-order valence-corrected chi connectivity index (χ4v) is 13.2. The Morgan fingerprint density at radius 3 is 1.55 bits per heavy atom. The van der Waals surface area contributed by atoms with Crippen molar-refractivity contribution in [3.8, 4) is 11.1 Å². The second-order valence-electron chi connectivity index (χ2n) is 14.8. The van der Waals surface area contributed by atoms with Gasteiger partial charge in [-0.3, -0.25) is 0 Å². The molecule has 8 aliphatic rings. The summed E-state index contributed by atoms with van der Waals surface area (Å²) in [6.07, 6.45) is 3.66. The van der Waals surface area contributed by atoms with Crippen molar-refractivity contribution in [3.05, 3.63) is 59.7 Å². The lowest BCUT2D eigenvalue weighted by Gasteiger charge is -2.74. The molecule has 2 aromatic carbocycles. The highest BCUT2D eigenvalue weighted by Gasteiger charge is 2.78. The molecule has 42 heavy (non-hydrogen) atoms. The first-order valence-corrected chi connectivity index (χ1v) is 17.1. The summed E-state index contributed by atoms with van der Waals surface area (Å²) in [6.45, 7) is 13.3. The number of hydrogen-bond donors (Lipinski definition) is 0. The third kappa shape index (κ3) is 3.24. The van der Waals surface area contributed by atoms with Crippen molar-refractivity contribution in [2.75, 3.05) is 12.3 Å². The van der Waals surface area contributed by atoms with E-state index >= 15 is 0 Å². The summed E-state index contributed by atoms with van der Waals surface area (Å²) in [4.78, 5) is 0. The zero-order valence-corrected chi connectivity index (χ0v) is 27.9. The quantitative estimate of drug-likeness (QED) is 0.364. The molecule has 6 nitrogen and oxygen atoms in total. The normalized spacial score (nSPS) is 51.8. The molecule has 12 unspecified atom stereocenters. The predicted molar refractivity (Wildman–Crippen MR) is 167 cm³/mol. The summed E-state index contributed by atoms with van der Waals surface area (Å²) in [5, 5.41) is 0. The van der Waals surface area contributed by atoms with Gasteiger partial charge in [0.25, 0.3) is 0 Å². The maximum atomic E-state index is 7.06. The molecular formula is C34H44O6P2. The fraction of sp³-hybridized carbons (Fsp3) is 0.647. The largest absolute Gasteiger partial charge is 0.345 e. The summed E-state index contributed by atoms with van der Waals surface area (Å²) in [7, 11) is 6.19. The van der Waals surface area contributed by atoms with Crippen LogP contribution >= 0.6 is 18.5 Å². The van der Waals surface area contributed by atoms with E-state index in [1.165, 1.54) is 22.3 Å². The van der Waals surface area contributed by atoms with Crippen LogP contribution in [0.25, 0.3) is 11.1 Å². The minimum absolute atomic E-state index is 0.278. The van der Waals surface area contributed by atoms with Gasteiger partial charge in [-0.05, 0) is 76.1 Å². The fourth-order valence-electron chi connectivity index (χ4n) is 11.0. The first-order valence-electron chi connectivity index (χ1n) is 15.4. The van der Waals surface area contributed by atoms with E-state index in [2.05, 4.69) is 109 Å². The predicted octanol–water partition coefficient (Wildman–Crippen LogP) is 6.44. The lowest BCUT2D eigenvalue weighted by molar-refractivity contribution is -0.501. The van der Waals surface area contributed by atoms with Gasteiger partial charge in [0.05, 0.1) is 33.2 Å². The highest BCUT2D eigenvalue weighted by Crippen LogP contribution is 2.70. The molecule has 226 valence electrons. The molecule has 0 radical (unpaired) electrons. The van der Waals surface area contributed by atoms with Crippen LogP contribution < -0.4 is 0 Å². The third-order valence-electron chi connectivity index (χ3n) is 12.1. The Bertz CT molecular complexity index is 1420. The lowest BCUT2D eigenvalue weighted by atomic mass is 9.47. The van der Waals surface area contributed by atoms with Crippen LogP contribution in [-0.4, -0.2) is 58.9 Å². The second kappa shape index (κ2) is 8.45. The van der Waals surface area contributed by atoms with Crippen LogP contribution in [-0.2, 0) is 39.3 Å². The van der Waals surface area contributed by atoms with Crippen molar-refractivity contribution in [1.82, 2.24) is 0 Å². The topological polar surface area (TPSA) is 55.4 Å². The Balaban J connectivity index is 1.44. The van der Waals surface area contributed by atoms with Gasteiger partial charge in [-0.15, -0.1) is 18.5 Å². The Labute approximate surface area is 254 Å². The van der Waals surface area contributed by atoms with Crippen molar-refractivity contribution in [3.63, 3.8) is 0 Å². The Kier molecular flexibility index (Phi) is 5.74. The summed E-state index contributed by atoms with van der Waals surface area (Å²) in [5.41, 5.74) is 1.90. The van der Waals surface area contributed by atoms with Gasteiger partial charge in [0.15, 0.2) is 24.2 Å². The van der Waals surface area contributed by atoms with E-state index in [0.29, 0.717) is 25.7 Å². The molecule has 2 aromatic rings. The van der Waals surface area contributed by atoms with E-state index in [0.717, 1.165) is 12.3 Å². The maximum Gasteiger partial charge on any atom is 0.172 e. The summed E-state index contributed by atoms with van der Waals surface area (Å²) >= 11 is 0. The van der Waals surface area contributed by atoms with Gasteiger partial charge < -0.3 is 28.4 Å². The highest BCUT2D eigenvalue weighted by molar-refractivity contribution is 7.16. The van der Waals surface area contributed by atoms with Gasteiger partial charge in [-0.25, -0.2) is 0 Å². The molecule has 8 heteroatoms. The second-order valence-corrected chi connectivity index (χ2v) is 15.6. The van der Waals surface area contributed by atoms with Crippen LogP contribution in [0, 0.1) is 0 Å². The van der Waals surface area contributed by atoms with E-state index in [9.17, 15) is 0 Å². The van der Waals surface area contributed by atoms with Crippen molar-refractivity contribution in [1.29, 1.82) is 0 Å². The zero-order valence-electron chi connectivity index (χ0n) is 25.6. The molecule has 8 saturated heterocycles. The van der Waals surface area contributed by atoms with Crippen LogP contribution in [0.2, 0.25) is 0 Å². The minimum Gasteiger partial charge on any atom is -0.345 e. The molecule has 8 aliphatic heterocycles. The average molecular weight is 611 g/mol. The smallest absolute Gasteiger partial charge is 0.172 e. The Morgan fingerprint density at radius 1 is 0.595 bits per heavy atom. The highest BCUT2D eigenvalue weighted by atomic mass is 31.0. The monoisotopic (exact) mass is 610 g/mol. The molecule has 10 rings (SSSR count). The van der Waals surface area contributed by atoms with Gasteiger partial charge >= 0.3 is 0 Å². The Hall–Kier alpha value is -0.940. The van der Waals surface area contributed by atoms with Crippen LogP contribution in [0.3, 0.4) is 0 Å². The van der Waals surface area contributed by atoms with Crippen LogP contribution in [0.5, 0.6) is 0 Å². The summed E-state index contributed by atoms with van der Waals surface area (Å²) in [6, 6.07) is 17.8. The SMILES string of the molecule is CC12CC3(C)OC(CC(C)(O1)C3(CP)c1ccc(-c3ccccc3)cc1C1(CP)C3(C)CC4(C)OC(CC1(C)O4)O3)O2. The first-order chi connectivity index (χ1) is 19.7. The van der Waals surface area contributed by atoms with Crippen LogP contribution in [0.1, 0.15) is 78.4 Å². The third-order valence-corrected chi connectivity index (χ3v) is 13.4. The van der Waals surface area contributed by atoms with Gasteiger partial charge in [0.1, 0.15) is 0 Å². The maximum absolute atomic E-state index is 7.06. The van der Waals surface area contributed by atoms with Gasteiger partial charge in [-0.2, -0.15) is 0 Å². The van der Waals surface area contributed by atoms with Crippen molar-refractivity contribution in [2.24, 2.45) is 0 Å². The molecule has 0 aromatic heterocycles. The van der Waals surface area contributed by atoms with E-state index < -0.39 is 44.8 Å². The van der Waals surface area contributed by atoms with E-state index in [1.54, 1.807) is 0 Å². The summed E-state index contributed by atoms with van der Waals surface area (Å²) < 4.78 is 40.5. The molecule has 0 spiro atoms. The number of benzene rings is 2. The molecular weight excluding hydrogens is 566 g/mol. The molecule has 12 atom stereocenters. The van der Waals surface area contributed by atoms with Crippen molar-refractivity contribution >= 4 is 18.5 Å². The Morgan fingerprint density at radius 2 is 1.10 bits per heavy atom. The van der Waals surface area contributed by atoms with E-state index in [4.69, 9.17) is 28.4 Å². The molecule has 8 bridgehead atoms. The van der Waals surface area contributed by atoms with Crippen molar-refractivity contribution < 1.29 is 28.4 Å². The molecule has 0 aliphatic carbocycles. The van der Waals surface area contributed by atoms with Crippen LogP contribution in [0.15, 0.2) is 48.5 Å². The van der Waals surface area contributed by atoms with Crippen LogP contribution in [0.4, 0.5) is 0 Å². The molecule has 8 heterocycles. The zero-order chi connectivity index (χ0) is 29.6. The summed E-state index contributed by atoms with van der Waals surface area (Å²) in [5.74, 6) is -1.35. The van der Waals surface area contributed by atoms with E-state index in [1.807, 2.05) is 0 Å². The molecule has 8 fully saturated rings. The molecule has 0 N–H and O–H groups in total.